The molecule has 1 saturated heterocycles. The van der Waals surface area contributed by atoms with Gasteiger partial charge in [-0.1, -0.05) is 51.0 Å². The molecule has 1 aliphatic heterocycles. The van der Waals surface area contributed by atoms with Crippen LogP contribution in [0.3, 0.4) is 0 Å². The molecule has 1 heterocycles. The highest BCUT2D eigenvalue weighted by molar-refractivity contribution is 6.58. The molecule has 26 heavy (non-hydrogen) atoms. The first-order chi connectivity index (χ1) is 12.5. The number of hydrogen-bond acceptors (Lipinski definition) is 4. The van der Waals surface area contributed by atoms with Gasteiger partial charge in [0.15, 0.2) is 0 Å². The van der Waals surface area contributed by atoms with Crippen molar-refractivity contribution in [3.05, 3.63) is 29.8 Å². The molecule has 4 nitrogen and oxygen atoms in total. The van der Waals surface area contributed by atoms with E-state index in [9.17, 15) is 5.11 Å². The molecule has 2 rings (SSSR count). The molecule has 150 valence electrons. The van der Waals surface area contributed by atoms with Crippen LogP contribution in [-0.2, 0) is 10.3 Å². The van der Waals surface area contributed by atoms with Crippen LogP contribution in [0.25, 0.3) is 0 Å². The zero-order valence-corrected chi connectivity index (χ0v) is 18.6. The fourth-order valence-electron chi connectivity index (χ4n) is 3.25. The fourth-order valence-corrected chi connectivity index (χ4v) is 4.98. The minimum Gasteiger partial charge on any atom is -0.491 e. The van der Waals surface area contributed by atoms with Gasteiger partial charge >= 0.3 is 0 Å². The van der Waals surface area contributed by atoms with Gasteiger partial charge < -0.3 is 19.5 Å². The second kappa shape index (κ2) is 12.5. The number of piperidine rings is 1. The maximum atomic E-state index is 10.7. The Balaban J connectivity index is 0.000000412. The van der Waals surface area contributed by atoms with E-state index in [1.807, 2.05) is 24.3 Å². The van der Waals surface area contributed by atoms with Crippen LogP contribution in [0.5, 0.6) is 5.75 Å². The summed E-state index contributed by atoms with van der Waals surface area (Å²) >= 11 is 0. The second-order valence-electron chi connectivity index (χ2n) is 7.29. The molecular weight excluding hydrogens is 342 g/mol. The average Bonchev–Trinajstić information content (AvgIpc) is 2.67. The van der Waals surface area contributed by atoms with E-state index >= 15 is 0 Å². The lowest BCUT2D eigenvalue weighted by Gasteiger charge is -2.37. The summed E-state index contributed by atoms with van der Waals surface area (Å²) in [6.07, 6.45) is 1.57. The molecule has 0 aliphatic carbocycles. The van der Waals surface area contributed by atoms with Crippen LogP contribution in [0.1, 0.15) is 39.2 Å². The molecule has 0 aromatic heterocycles. The van der Waals surface area contributed by atoms with Crippen LogP contribution in [-0.4, -0.2) is 59.3 Å². The van der Waals surface area contributed by atoms with Gasteiger partial charge in [-0.2, -0.15) is 0 Å². The lowest BCUT2D eigenvalue weighted by atomic mass is 9.84. The summed E-state index contributed by atoms with van der Waals surface area (Å²) in [5.41, 5.74) is 0.303. The van der Waals surface area contributed by atoms with Gasteiger partial charge in [-0.15, -0.1) is 0 Å². The predicted molar refractivity (Wildman–Crippen MR) is 113 cm³/mol. The highest BCUT2D eigenvalue weighted by atomic mass is 28.3. The van der Waals surface area contributed by atoms with Crippen molar-refractivity contribution < 1.29 is 14.6 Å². The molecule has 0 spiro atoms. The zero-order valence-electron chi connectivity index (χ0n) is 17.5. The van der Waals surface area contributed by atoms with E-state index in [0.717, 1.165) is 37.2 Å². The van der Waals surface area contributed by atoms with Crippen molar-refractivity contribution >= 4 is 8.80 Å². The van der Waals surface area contributed by atoms with Gasteiger partial charge in [0, 0.05) is 29.0 Å². The molecule has 0 radical (unpaired) electrons. The number of methoxy groups -OCH3 is 1. The molecule has 1 aromatic carbocycles. The van der Waals surface area contributed by atoms with Crippen LogP contribution >= 0.6 is 0 Å². The molecule has 0 atom stereocenters. The normalized spacial score (nSPS) is 16.9. The summed E-state index contributed by atoms with van der Waals surface area (Å²) in [4.78, 5) is 2.25. The molecule has 0 unspecified atom stereocenters. The number of ether oxygens (including phenoxy) is 2. The average molecular weight is 382 g/mol. The van der Waals surface area contributed by atoms with Gasteiger partial charge in [-0.05, 0) is 37.6 Å². The van der Waals surface area contributed by atoms with E-state index in [1.54, 1.807) is 7.11 Å². The first-order valence-electron chi connectivity index (χ1n) is 10.1. The SMILES string of the molecule is CC[SiH](CC)CC.COCCOc1ccc(C2(O)CCN(C)CC2)cc1. The van der Waals surface area contributed by atoms with E-state index in [4.69, 9.17) is 9.47 Å². The van der Waals surface area contributed by atoms with Gasteiger partial charge in [0.1, 0.15) is 12.4 Å². The third-order valence-electron chi connectivity index (χ3n) is 5.49. The minimum atomic E-state index is -0.683. The lowest BCUT2D eigenvalue weighted by Crippen LogP contribution is -2.40. The first kappa shape index (κ1) is 23.2. The number of rotatable bonds is 8. The minimum absolute atomic E-state index is 0.171. The summed E-state index contributed by atoms with van der Waals surface area (Å²) < 4.78 is 10.5. The topological polar surface area (TPSA) is 41.9 Å². The summed E-state index contributed by atoms with van der Waals surface area (Å²) in [7, 11) is 3.57. The molecule has 1 aromatic rings. The Morgan fingerprint density at radius 1 is 1.00 bits per heavy atom. The molecule has 1 fully saturated rings. The molecule has 1 N–H and O–H groups in total. The maximum absolute atomic E-state index is 10.7. The summed E-state index contributed by atoms with van der Waals surface area (Å²) in [5.74, 6) is 0.817. The number of benzene rings is 1. The fraction of sp³-hybridized carbons (Fsp3) is 0.714. The quantitative estimate of drug-likeness (QED) is 0.548. The standard InChI is InChI=1S/C15H23NO3.C6H16Si/c1-16-9-7-15(17,8-10-16)13-3-5-14(6-4-13)19-12-11-18-2;1-4-7(5-2)6-3/h3-6,17H,7-12H2,1-2H3;7H,4-6H2,1-3H3. The largest absolute Gasteiger partial charge is 0.491 e. The maximum Gasteiger partial charge on any atom is 0.119 e. The highest BCUT2D eigenvalue weighted by Gasteiger charge is 2.32. The summed E-state index contributed by atoms with van der Waals surface area (Å²) in [6, 6.07) is 12.2. The highest BCUT2D eigenvalue weighted by Crippen LogP contribution is 2.33. The molecule has 0 amide bonds. The zero-order chi connectivity index (χ0) is 19.4. The Hall–Kier alpha value is -0.883. The molecule has 0 bridgehead atoms. The Morgan fingerprint density at radius 3 is 1.96 bits per heavy atom. The molecular formula is C21H39NO3Si. The van der Waals surface area contributed by atoms with E-state index in [1.165, 1.54) is 18.1 Å². The van der Waals surface area contributed by atoms with Crippen molar-refractivity contribution in [3.8, 4) is 5.75 Å². The lowest BCUT2D eigenvalue weighted by molar-refractivity contribution is -0.0203. The monoisotopic (exact) mass is 381 g/mol. The Morgan fingerprint density at radius 2 is 1.54 bits per heavy atom. The Kier molecular flexibility index (Phi) is 11.1. The van der Waals surface area contributed by atoms with E-state index in [0.29, 0.717) is 13.2 Å². The molecule has 0 saturated carbocycles. The van der Waals surface area contributed by atoms with Crippen LogP contribution < -0.4 is 4.74 Å². The van der Waals surface area contributed by atoms with Crippen LogP contribution in [0.15, 0.2) is 24.3 Å². The van der Waals surface area contributed by atoms with Gasteiger partial charge in [0.2, 0.25) is 0 Å². The third-order valence-corrected chi connectivity index (χ3v) is 8.96. The summed E-state index contributed by atoms with van der Waals surface area (Å²) in [6.45, 7) is 9.96. The van der Waals surface area contributed by atoms with Crippen LogP contribution in [0.2, 0.25) is 18.1 Å². The summed E-state index contributed by atoms with van der Waals surface area (Å²) in [5, 5.41) is 10.7. The number of nitrogens with zero attached hydrogens (tertiary/aromatic N) is 1. The van der Waals surface area contributed by atoms with E-state index in [2.05, 4.69) is 32.7 Å². The number of hydrogen-bond donors (Lipinski definition) is 1. The van der Waals surface area contributed by atoms with Gasteiger partial charge in [-0.3, -0.25) is 0 Å². The van der Waals surface area contributed by atoms with Crippen LogP contribution in [0.4, 0.5) is 0 Å². The number of likely N-dealkylation sites (tertiary alicyclic amines) is 1. The Bertz CT molecular complexity index is 463. The molecule has 1 aliphatic rings. The smallest absolute Gasteiger partial charge is 0.119 e. The first-order valence-corrected chi connectivity index (χ1v) is 12.6. The number of aliphatic hydroxyl groups is 1. The van der Waals surface area contributed by atoms with E-state index < -0.39 is 5.60 Å². The van der Waals surface area contributed by atoms with Crippen molar-refractivity contribution in [3.63, 3.8) is 0 Å². The van der Waals surface area contributed by atoms with Gasteiger partial charge in [-0.25, -0.2) is 0 Å². The molecule has 5 heteroatoms. The second-order valence-corrected chi connectivity index (χ2v) is 11.5. The van der Waals surface area contributed by atoms with Crippen molar-refractivity contribution in [2.45, 2.75) is 57.3 Å². The van der Waals surface area contributed by atoms with E-state index in [-0.39, 0.29) is 8.80 Å². The van der Waals surface area contributed by atoms with Crippen molar-refractivity contribution in [2.24, 2.45) is 0 Å². The third kappa shape index (κ3) is 7.78. The van der Waals surface area contributed by atoms with Crippen molar-refractivity contribution in [1.82, 2.24) is 4.90 Å². The van der Waals surface area contributed by atoms with Crippen LogP contribution in [0, 0.1) is 0 Å². The van der Waals surface area contributed by atoms with Crippen molar-refractivity contribution in [2.75, 3.05) is 40.5 Å². The van der Waals surface area contributed by atoms with Gasteiger partial charge in [0.25, 0.3) is 0 Å². The van der Waals surface area contributed by atoms with Crippen molar-refractivity contribution in [1.29, 1.82) is 0 Å². The Labute approximate surface area is 162 Å². The van der Waals surface area contributed by atoms with Gasteiger partial charge in [0.05, 0.1) is 12.2 Å². The predicted octanol–water partition coefficient (Wildman–Crippen LogP) is 3.90.